The van der Waals surface area contributed by atoms with Crippen LogP contribution in [0, 0.1) is 6.92 Å². The summed E-state index contributed by atoms with van der Waals surface area (Å²) in [6, 6.07) is 9.73. The van der Waals surface area contributed by atoms with E-state index in [0.717, 1.165) is 31.4 Å². The van der Waals surface area contributed by atoms with Crippen molar-refractivity contribution in [2.75, 3.05) is 11.9 Å². The van der Waals surface area contributed by atoms with Crippen LogP contribution in [0.25, 0.3) is 0 Å². The number of anilines is 1. The van der Waals surface area contributed by atoms with Gasteiger partial charge in [0.1, 0.15) is 17.3 Å². The third-order valence-electron chi connectivity index (χ3n) is 4.80. The van der Waals surface area contributed by atoms with Crippen LogP contribution in [0.2, 0.25) is 5.02 Å². The van der Waals surface area contributed by atoms with E-state index in [9.17, 15) is 4.79 Å². The second kappa shape index (κ2) is 8.49. The van der Waals surface area contributed by atoms with Crippen LogP contribution in [-0.4, -0.2) is 33.4 Å². The zero-order valence-corrected chi connectivity index (χ0v) is 16.1. The number of likely N-dealkylation sites (tertiary alicyclic amines) is 1. The van der Waals surface area contributed by atoms with E-state index in [1.165, 1.54) is 6.42 Å². The Morgan fingerprint density at radius 2 is 2.04 bits per heavy atom. The lowest BCUT2D eigenvalue weighted by Gasteiger charge is -2.35. The summed E-state index contributed by atoms with van der Waals surface area (Å²) in [5.41, 5.74) is 1.57. The fourth-order valence-corrected chi connectivity index (χ4v) is 3.53. The Morgan fingerprint density at radius 1 is 1.27 bits per heavy atom. The molecule has 1 fully saturated rings. The summed E-state index contributed by atoms with van der Waals surface area (Å²) >= 11 is 5.92. The molecule has 0 saturated carbocycles. The fourth-order valence-electron chi connectivity index (χ4n) is 3.40. The van der Waals surface area contributed by atoms with Gasteiger partial charge in [-0.3, -0.25) is 4.79 Å². The van der Waals surface area contributed by atoms with Gasteiger partial charge in [0, 0.05) is 30.2 Å². The molecule has 0 spiro atoms. The second-order valence-electron chi connectivity index (χ2n) is 6.72. The van der Waals surface area contributed by atoms with Crippen molar-refractivity contribution in [3.05, 3.63) is 52.4 Å². The maximum absolute atomic E-state index is 13.0. The molecule has 2 heterocycles. The van der Waals surface area contributed by atoms with Gasteiger partial charge < -0.3 is 10.2 Å². The second-order valence-corrected chi connectivity index (χ2v) is 7.16. The van der Waals surface area contributed by atoms with E-state index in [2.05, 4.69) is 22.2 Å². The Kier molecular flexibility index (Phi) is 6.09. The lowest BCUT2D eigenvalue weighted by atomic mass is 9.99. The first-order chi connectivity index (χ1) is 12.6. The van der Waals surface area contributed by atoms with Crippen molar-refractivity contribution < 1.29 is 4.79 Å². The first-order valence-corrected chi connectivity index (χ1v) is 9.59. The van der Waals surface area contributed by atoms with Gasteiger partial charge in [0.05, 0.1) is 0 Å². The maximum atomic E-state index is 13.0. The quantitative estimate of drug-likeness (QED) is 0.842. The zero-order chi connectivity index (χ0) is 18.5. The van der Waals surface area contributed by atoms with Crippen LogP contribution in [0.5, 0.6) is 0 Å². The number of nitrogens with zero attached hydrogens (tertiary/aromatic N) is 3. The van der Waals surface area contributed by atoms with Crippen LogP contribution in [0.4, 0.5) is 5.82 Å². The van der Waals surface area contributed by atoms with Crippen LogP contribution in [-0.2, 0) is 6.54 Å². The number of carbonyl (C=O) groups is 1. The minimum absolute atomic E-state index is 0.0107. The van der Waals surface area contributed by atoms with Crippen molar-refractivity contribution in [2.24, 2.45) is 0 Å². The number of carbonyl (C=O) groups excluding carboxylic acids is 1. The number of piperidine rings is 1. The molecule has 26 heavy (non-hydrogen) atoms. The van der Waals surface area contributed by atoms with Crippen molar-refractivity contribution >= 4 is 23.3 Å². The third kappa shape index (κ3) is 4.52. The maximum Gasteiger partial charge on any atom is 0.272 e. The summed E-state index contributed by atoms with van der Waals surface area (Å²) in [5, 5.41) is 3.99. The molecule has 1 unspecified atom stereocenters. The monoisotopic (exact) mass is 372 g/mol. The molecule has 1 atom stereocenters. The van der Waals surface area contributed by atoms with Crippen LogP contribution >= 0.6 is 11.6 Å². The van der Waals surface area contributed by atoms with Gasteiger partial charge in [0.15, 0.2) is 0 Å². The Balaban J connectivity index is 1.74. The average Bonchev–Trinajstić information content (AvgIpc) is 2.66. The number of nitrogens with one attached hydrogen (secondary N) is 1. The number of aryl methyl sites for hydroxylation is 1. The van der Waals surface area contributed by atoms with Crippen molar-refractivity contribution in [3.8, 4) is 0 Å². The molecule has 1 aliphatic rings. The topological polar surface area (TPSA) is 58.1 Å². The van der Waals surface area contributed by atoms with Crippen molar-refractivity contribution in [1.29, 1.82) is 0 Å². The highest BCUT2D eigenvalue weighted by Crippen LogP contribution is 2.22. The van der Waals surface area contributed by atoms with E-state index in [1.54, 1.807) is 6.07 Å². The molecular formula is C20H25ClN4O. The molecule has 0 bridgehead atoms. The van der Waals surface area contributed by atoms with E-state index in [-0.39, 0.29) is 5.91 Å². The number of hydrogen-bond donors (Lipinski definition) is 1. The van der Waals surface area contributed by atoms with Crippen LogP contribution in [0.15, 0.2) is 30.3 Å². The van der Waals surface area contributed by atoms with Gasteiger partial charge in [0.2, 0.25) is 0 Å². The number of aromatic nitrogens is 2. The summed E-state index contributed by atoms with van der Waals surface area (Å²) < 4.78 is 0. The van der Waals surface area contributed by atoms with Crippen molar-refractivity contribution in [3.63, 3.8) is 0 Å². The Labute approximate surface area is 159 Å². The minimum Gasteiger partial charge on any atom is -0.366 e. The van der Waals surface area contributed by atoms with Gasteiger partial charge in [0.25, 0.3) is 5.91 Å². The predicted octanol–water partition coefficient (Wildman–Crippen LogP) is 4.46. The normalized spacial score (nSPS) is 17.2. The smallest absolute Gasteiger partial charge is 0.272 e. The number of benzene rings is 1. The number of hydrogen-bond acceptors (Lipinski definition) is 4. The summed E-state index contributed by atoms with van der Waals surface area (Å²) in [4.78, 5) is 23.8. The van der Waals surface area contributed by atoms with E-state index in [0.29, 0.717) is 34.9 Å². The molecule has 1 saturated heterocycles. The molecule has 3 rings (SSSR count). The van der Waals surface area contributed by atoms with Gasteiger partial charge in [-0.1, -0.05) is 30.7 Å². The SMILES string of the molecule is CCC1CCCCN1C(=O)c1cc(NCc2ccc(Cl)cc2)nc(C)n1. The van der Waals surface area contributed by atoms with E-state index in [4.69, 9.17) is 11.6 Å². The van der Waals surface area contributed by atoms with Crippen LogP contribution < -0.4 is 5.32 Å². The third-order valence-corrected chi connectivity index (χ3v) is 5.06. The summed E-state index contributed by atoms with van der Waals surface area (Å²) in [6.07, 6.45) is 4.32. The average molecular weight is 373 g/mol. The largest absolute Gasteiger partial charge is 0.366 e. The fraction of sp³-hybridized carbons (Fsp3) is 0.450. The van der Waals surface area contributed by atoms with Gasteiger partial charge in [-0.15, -0.1) is 0 Å². The number of rotatable bonds is 5. The molecule has 138 valence electrons. The molecule has 1 N–H and O–H groups in total. The number of amides is 1. The lowest BCUT2D eigenvalue weighted by Crippen LogP contribution is -2.43. The molecule has 6 heteroatoms. The Bertz CT molecular complexity index is 763. The molecule has 5 nitrogen and oxygen atoms in total. The van der Waals surface area contributed by atoms with Crippen LogP contribution in [0.3, 0.4) is 0 Å². The molecule has 1 aromatic heterocycles. The first-order valence-electron chi connectivity index (χ1n) is 9.21. The van der Waals surface area contributed by atoms with E-state index >= 15 is 0 Å². The summed E-state index contributed by atoms with van der Waals surface area (Å²) in [6.45, 7) is 5.38. The molecule has 1 aromatic carbocycles. The first kappa shape index (κ1) is 18.6. The van der Waals surface area contributed by atoms with E-state index < -0.39 is 0 Å². The molecule has 0 aliphatic carbocycles. The van der Waals surface area contributed by atoms with Gasteiger partial charge >= 0.3 is 0 Å². The van der Waals surface area contributed by atoms with Gasteiger partial charge in [-0.25, -0.2) is 9.97 Å². The molecule has 2 aromatic rings. The highest BCUT2D eigenvalue weighted by molar-refractivity contribution is 6.30. The lowest BCUT2D eigenvalue weighted by molar-refractivity contribution is 0.0601. The van der Waals surface area contributed by atoms with E-state index in [1.807, 2.05) is 36.1 Å². The van der Waals surface area contributed by atoms with Crippen molar-refractivity contribution in [2.45, 2.75) is 52.1 Å². The molecule has 0 radical (unpaired) electrons. The van der Waals surface area contributed by atoms with Crippen molar-refractivity contribution in [1.82, 2.24) is 14.9 Å². The summed E-state index contributed by atoms with van der Waals surface area (Å²) in [7, 11) is 0. The summed E-state index contributed by atoms with van der Waals surface area (Å²) in [5.74, 6) is 1.27. The highest BCUT2D eigenvalue weighted by atomic mass is 35.5. The number of halogens is 1. The molecular weight excluding hydrogens is 348 g/mol. The Morgan fingerprint density at radius 3 is 2.77 bits per heavy atom. The minimum atomic E-state index is 0.0107. The zero-order valence-electron chi connectivity index (χ0n) is 15.3. The molecule has 1 aliphatic heterocycles. The highest BCUT2D eigenvalue weighted by Gasteiger charge is 2.27. The predicted molar refractivity (Wildman–Crippen MR) is 105 cm³/mol. The van der Waals surface area contributed by atoms with Gasteiger partial charge in [-0.2, -0.15) is 0 Å². The Hall–Kier alpha value is -2.14. The van der Waals surface area contributed by atoms with Gasteiger partial charge in [-0.05, 0) is 50.3 Å². The van der Waals surface area contributed by atoms with Crippen LogP contribution in [0.1, 0.15) is 54.5 Å². The standard InChI is InChI=1S/C20H25ClN4O/c1-3-17-6-4-5-11-25(17)20(26)18-12-19(24-14(2)23-18)22-13-15-7-9-16(21)10-8-15/h7-10,12,17H,3-6,11,13H2,1-2H3,(H,22,23,24). The molecule has 1 amide bonds.